The van der Waals surface area contributed by atoms with Gasteiger partial charge < -0.3 is 39.5 Å². The molecule has 3 amide bonds. The quantitative estimate of drug-likeness (QED) is 0.432. The predicted molar refractivity (Wildman–Crippen MR) is 145 cm³/mol. The van der Waals surface area contributed by atoms with E-state index < -0.39 is 30.5 Å². The Morgan fingerprint density at radius 3 is 2.49 bits per heavy atom. The highest BCUT2D eigenvalue weighted by Crippen LogP contribution is 2.33. The van der Waals surface area contributed by atoms with Gasteiger partial charge in [0.05, 0.1) is 38.4 Å². The van der Waals surface area contributed by atoms with Crippen LogP contribution in [0.4, 0.5) is 0 Å². The number of benzene rings is 1. The van der Waals surface area contributed by atoms with Crippen molar-refractivity contribution in [3.8, 4) is 5.75 Å². The van der Waals surface area contributed by atoms with Gasteiger partial charge in [0.25, 0.3) is 5.91 Å². The lowest BCUT2D eigenvalue weighted by molar-refractivity contribution is -0.145. The molecule has 6 bridgehead atoms. The number of aliphatic hydroxyl groups is 2. The summed E-state index contributed by atoms with van der Waals surface area (Å²) >= 11 is 0. The third-order valence-corrected chi connectivity index (χ3v) is 9.28. The maximum atomic E-state index is 13.9. The summed E-state index contributed by atoms with van der Waals surface area (Å²) in [6, 6.07) is 6.55. The average molecular weight is 573 g/mol. The molecule has 1 saturated carbocycles. The van der Waals surface area contributed by atoms with Crippen molar-refractivity contribution in [1.29, 1.82) is 0 Å². The third kappa shape index (κ3) is 5.80. The molecule has 4 heterocycles. The molecule has 0 aromatic heterocycles. The lowest BCUT2D eigenvalue weighted by Crippen LogP contribution is -2.56. The standard InChI is InChI=1S/C29H40N4O8/c1-39-20-7-5-17(6-8-20)28(37)32-15-21-14-31(9-10-40-21)29(38)22-11-18(13-33(22)19-3-2-4-19)30-25(34)12-23-26(35)27(36)24(16-32)41-23/h5-8,18-19,21-24,26-27,35-36H,2-4,9-16H2,1H3,(H,30,34)/t18-,21-,22-,23-,24+,26-,27+/m0/s1. The predicted octanol–water partition coefficient (Wildman–Crippen LogP) is -0.631. The van der Waals surface area contributed by atoms with Gasteiger partial charge in [0.1, 0.15) is 24.1 Å². The number of fused-ring (bicyclic) bond motifs is 6. The van der Waals surface area contributed by atoms with Gasteiger partial charge in [-0.3, -0.25) is 19.3 Å². The molecule has 12 heteroatoms. The molecule has 5 fully saturated rings. The molecule has 0 spiro atoms. The monoisotopic (exact) mass is 572 g/mol. The second-order valence-electron chi connectivity index (χ2n) is 11.9. The molecule has 1 aliphatic carbocycles. The van der Waals surface area contributed by atoms with E-state index in [1.54, 1.807) is 36.3 Å². The Morgan fingerprint density at radius 1 is 1.02 bits per heavy atom. The van der Waals surface area contributed by atoms with Gasteiger partial charge in [-0.25, -0.2) is 0 Å². The van der Waals surface area contributed by atoms with E-state index in [1.165, 1.54) is 0 Å². The normalized spacial score (nSPS) is 35.2. The van der Waals surface area contributed by atoms with Crippen molar-refractivity contribution in [3.05, 3.63) is 29.8 Å². The maximum absolute atomic E-state index is 13.9. The molecule has 6 rings (SSSR count). The van der Waals surface area contributed by atoms with Crippen LogP contribution in [0, 0.1) is 0 Å². The molecule has 224 valence electrons. The number of hydrogen-bond donors (Lipinski definition) is 3. The maximum Gasteiger partial charge on any atom is 0.254 e. The number of carbonyl (C=O) groups excluding carboxylic acids is 3. The number of rotatable bonds is 3. The topological polar surface area (TPSA) is 141 Å². The minimum absolute atomic E-state index is 0.0181. The van der Waals surface area contributed by atoms with Crippen LogP contribution in [-0.4, -0.2) is 138 Å². The fourth-order valence-corrected chi connectivity index (χ4v) is 6.81. The van der Waals surface area contributed by atoms with Crippen molar-refractivity contribution in [1.82, 2.24) is 20.0 Å². The Hall–Kier alpha value is -2.77. The van der Waals surface area contributed by atoms with E-state index in [2.05, 4.69) is 10.2 Å². The molecule has 0 unspecified atom stereocenters. The molecule has 4 saturated heterocycles. The van der Waals surface area contributed by atoms with Gasteiger partial charge in [0.2, 0.25) is 11.8 Å². The summed E-state index contributed by atoms with van der Waals surface area (Å²) < 4.78 is 17.3. The first kappa shape index (κ1) is 28.4. The smallest absolute Gasteiger partial charge is 0.254 e. The van der Waals surface area contributed by atoms with Crippen molar-refractivity contribution in [2.75, 3.05) is 46.4 Å². The van der Waals surface area contributed by atoms with E-state index in [-0.39, 0.29) is 49.3 Å². The summed E-state index contributed by atoms with van der Waals surface area (Å²) in [6.07, 6.45) is -1.18. The lowest BCUT2D eigenvalue weighted by Gasteiger charge is -2.41. The van der Waals surface area contributed by atoms with Crippen molar-refractivity contribution >= 4 is 17.7 Å². The Bertz CT molecular complexity index is 1130. The van der Waals surface area contributed by atoms with E-state index in [9.17, 15) is 24.6 Å². The number of nitrogens with zero attached hydrogens (tertiary/aromatic N) is 3. The van der Waals surface area contributed by atoms with Gasteiger partial charge in [0.15, 0.2) is 0 Å². The first-order chi connectivity index (χ1) is 19.8. The number of carbonyl (C=O) groups is 3. The fourth-order valence-electron chi connectivity index (χ4n) is 6.81. The number of nitrogens with one attached hydrogen (secondary N) is 1. The summed E-state index contributed by atoms with van der Waals surface area (Å²) in [6.45, 7) is 1.89. The van der Waals surface area contributed by atoms with Gasteiger partial charge in [-0.05, 0) is 43.5 Å². The highest BCUT2D eigenvalue weighted by molar-refractivity contribution is 5.94. The number of morpholine rings is 1. The highest BCUT2D eigenvalue weighted by atomic mass is 16.5. The molecule has 0 radical (unpaired) electrons. The van der Waals surface area contributed by atoms with Gasteiger partial charge in [0, 0.05) is 50.4 Å². The largest absolute Gasteiger partial charge is 0.497 e. The molecule has 5 aliphatic rings. The summed E-state index contributed by atoms with van der Waals surface area (Å²) in [5, 5.41) is 24.7. The zero-order chi connectivity index (χ0) is 28.7. The molecule has 7 atom stereocenters. The van der Waals surface area contributed by atoms with Crippen LogP contribution in [0.15, 0.2) is 24.3 Å². The van der Waals surface area contributed by atoms with Crippen LogP contribution in [0.5, 0.6) is 5.75 Å². The van der Waals surface area contributed by atoms with Crippen molar-refractivity contribution in [2.24, 2.45) is 0 Å². The molecule has 1 aromatic rings. The SMILES string of the molecule is COc1ccc(C(=O)N2C[C@@H]3CN(CCO3)C(=O)[C@@H]3C[C@@H](CN3C3CCC3)NC(=O)C[C@@H]3O[C@H](C2)[C@@H](O)[C@H]3O)cc1. The van der Waals surface area contributed by atoms with Crippen molar-refractivity contribution in [2.45, 2.75) is 80.7 Å². The molecular weight excluding hydrogens is 532 g/mol. The molecule has 1 aromatic carbocycles. The molecular formula is C29H40N4O8. The van der Waals surface area contributed by atoms with Crippen LogP contribution in [0.3, 0.4) is 0 Å². The minimum Gasteiger partial charge on any atom is -0.497 e. The third-order valence-electron chi connectivity index (χ3n) is 9.28. The summed E-state index contributed by atoms with van der Waals surface area (Å²) in [5.74, 6) is 0.0554. The Labute approximate surface area is 239 Å². The van der Waals surface area contributed by atoms with Crippen LogP contribution in [0.25, 0.3) is 0 Å². The van der Waals surface area contributed by atoms with Crippen LogP contribution >= 0.6 is 0 Å². The first-order valence-electron chi connectivity index (χ1n) is 14.7. The summed E-state index contributed by atoms with van der Waals surface area (Å²) in [5.41, 5.74) is 0.418. The van der Waals surface area contributed by atoms with E-state index in [4.69, 9.17) is 14.2 Å². The van der Waals surface area contributed by atoms with Crippen LogP contribution in [-0.2, 0) is 19.1 Å². The number of ether oxygens (including phenoxy) is 3. The molecule has 4 aliphatic heterocycles. The Balaban J connectivity index is 1.28. The highest BCUT2D eigenvalue weighted by Gasteiger charge is 2.47. The second kappa shape index (κ2) is 11.8. The summed E-state index contributed by atoms with van der Waals surface area (Å²) in [4.78, 5) is 46.3. The van der Waals surface area contributed by atoms with E-state index in [0.717, 1.165) is 19.3 Å². The van der Waals surface area contributed by atoms with E-state index in [1.807, 2.05) is 4.90 Å². The number of amides is 3. The first-order valence-corrected chi connectivity index (χ1v) is 14.7. The van der Waals surface area contributed by atoms with Crippen LogP contribution in [0.2, 0.25) is 0 Å². The van der Waals surface area contributed by atoms with E-state index in [0.29, 0.717) is 50.0 Å². The number of methoxy groups -OCH3 is 1. The van der Waals surface area contributed by atoms with Gasteiger partial charge >= 0.3 is 0 Å². The Morgan fingerprint density at radius 2 is 1.78 bits per heavy atom. The molecule has 3 N–H and O–H groups in total. The van der Waals surface area contributed by atoms with E-state index >= 15 is 0 Å². The lowest BCUT2D eigenvalue weighted by atomic mass is 9.91. The number of aliphatic hydroxyl groups excluding tert-OH is 2. The van der Waals surface area contributed by atoms with Gasteiger partial charge in [-0.1, -0.05) is 6.42 Å². The Kier molecular flexibility index (Phi) is 8.19. The molecule has 41 heavy (non-hydrogen) atoms. The minimum atomic E-state index is -1.27. The number of likely N-dealkylation sites (tertiary alicyclic amines) is 1. The van der Waals surface area contributed by atoms with Crippen molar-refractivity contribution in [3.63, 3.8) is 0 Å². The van der Waals surface area contributed by atoms with Gasteiger partial charge in [-0.15, -0.1) is 0 Å². The fraction of sp³-hybridized carbons (Fsp3) is 0.690. The zero-order valence-corrected chi connectivity index (χ0v) is 23.4. The van der Waals surface area contributed by atoms with Gasteiger partial charge in [-0.2, -0.15) is 0 Å². The van der Waals surface area contributed by atoms with Crippen LogP contribution < -0.4 is 10.1 Å². The molecule has 12 nitrogen and oxygen atoms in total. The second-order valence-corrected chi connectivity index (χ2v) is 11.9. The zero-order valence-electron chi connectivity index (χ0n) is 23.4. The van der Waals surface area contributed by atoms with Crippen LogP contribution in [0.1, 0.15) is 42.5 Å². The average Bonchev–Trinajstić information content (AvgIpc) is 3.46. The van der Waals surface area contributed by atoms with Crippen molar-refractivity contribution < 1.29 is 38.8 Å². The summed E-state index contributed by atoms with van der Waals surface area (Å²) in [7, 11) is 1.55. The number of hydrogen-bond acceptors (Lipinski definition) is 9.